The number of nitrogens with one attached hydrogen (secondary N) is 1. The van der Waals surface area contributed by atoms with Crippen molar-refractivity contribution in [1.29, 1.82) is 0 Å². The lowest BCUT2D eigenvalue weighted by Gasteiger charge is -2.23. The van der Waals surface area contributed by atoms with Crippen LogP contribution in [0.25, 0.3) is 10.4 Å². The third kappa shape index (κ3) is 3.36. The second kappa shape index (κ2) is 7.27. The molecule has 1 atom stereocenters. The van der Waals surface area contributed by atoms with Crippen LogP contribution in [-0.4, -0.2) is 18.2 Å². The number of benzene rings is 2. The van der Waals surface area contributed by atoms with Crippen molar-refractivity contribution in [1.82, 2.24) is 5.32 Å². The summed E-state index contributed by atoms with van der Waals surface area (Å²) in [6, 6.07) is 9.19. The Morgan fingerprint density at radius 2 is 1.88 bits per heavy atom. The van der Waals surface area contributed by atoms with E-state index in [9.17, 15) is 22.8 Å². The summed E-state index contributed by atoms with van der Waals surface area (Å²) < 4.78 is 53.7. The molecule has 32 heavy (non-hydrogen) atoms. The van der Waals surface area contributed by atoms with E-state index in [4.69, 9.17) is 0 Å². The van der Waals surface area contributed by atoms with Crippen molar-refractivity contribution >= 4 is 40.9 Å². The van der Waals surface area contributed by atoms with E-state index in [0.29, 0.717) is 29.1 Å². The lowest BCUT2D eigenvalue weighted by Crippen LogP contribution is -2.30. The maximum Gasteiger partial charge on any atom is 0.425 e. The highest BCUT2D eigenvalue weighted by atomic mass is 32.1. The molecule has 0 aliphatic carbocycles. The van der Waals surface area contributed by atoms with Crippen molar-refractivity contribution in [3.63, 3.8) is 0 Å². The maximum absolute atomic E-state index is 15.1. The van der Waals surface area contributed by atoms with E-state index in [-0.39, 0.29) is 16.0 Å². The molecule has 3 aromatic rings. The Morgan fingerprint density at radius 3 is 2.59 bits per heavy atom. The van der Waals surface area contributed by atoms with Gasteiger partial charge in [0.15, 0.2) is 0 Å². The first kappa shape index (κ1) is 20.4. The van der Waals surface area contributed by atoms with Gasteiger partial charge in [0.05, 0.1) is 5.69 Å². The Balaban J connectivity index is 1.51. The van der Waals surface area contributed by atoms with E-state index < -0.39 is 34.9 Å². The molecule has 0 spiro atoms. The van der Waals surface area contributed by atoms with E-state index in [2.05, 4.69) is 10.3 Å². The number of aliphatic imine (C=N–C) groups is 1. The number of imide groups is 1. The van der Waals surface area contributed by atoms with Gasteiger partial charge in [-0.1, -0.05) is 18.2 Å². The number of hydrogen-bond acceptors (Lipinski definition) is 4. The highest BCUT2D eigenvalue weighted by Crippen LogP contribution is 2.40. The van der Waals surface area contributed by atoms with Crippen molar-refractivity contribution in [2.75, 3.05) is 4.90 Å². The van der Waals surface area contributed by atoms with Gasteiger partial charge in [-0.3, -0.25) is 20.0 Å². The second-order valence-electron chi connectivity index (χ2n) is 7.29. The molecule has 0 radical (unpaired) electrons. The van der Waals surface area contributed by atoms with Crippen LogP contribution in [0.1, 0.15) is 22.0 Å². The van der Waals surface area contributed by atoms with Gasteiger partial charge in [-0.15, -0.1) is 11.3 Å². The van der Waals surface area contributed by atoms with E-state index in [0.717, 1.165) is 22.6 Å². The molecular formula is C22H13F4N3O2S. The number of carbonyl (C=O) groups is 2. The second-order valence-corrected chi connectivity index (χ2v) is 8.38. The van der Waals surface area contributed by atoms with Gasteiger partial charge in [-0.25, -0.2) is 9.18 Å². The number of alkyl halides is 3. The van der Waals surface area contributed by atoms with Crippen molar-refractivity contribution < 1.29 is 27.2 Å². The molecule has 1 N–H and O–H groups in total. The van der Waals surface area contributed by atoms with Crippen LogP contribution < -0.4 is 10.2 Å². The van der Waals surface area contributed by atoms with Crippen molar-refractivity contribution in [2.45, 2.75) is 18.6 Å². The molecule has 1 saturated heterocycles. The summed E-state index contributed by atoms with van der Waals surface area (Å²) in [5, 5.41) is 2.20. The lowest BCUT2D eigenvalue weighted by molar-refractivity contribution is -0.134. The number of carbonyl (C=O) groups excluding carboxylic acids is 2. The average Bonchev–Trinajstić information content (AvgIpc) is 3.45. The quantitative estimate of drug-likeness (QED) is 0.408. The van der Waals surface area contributed by atoms with Gasteiger partial charge in [0.1, 0.15) is 16.7 Å². The van der Waals surface area contributed by atoms with Crippen LogP contribution in [0, 0.1) is 5.82 Å². The monoisotopic (exact) mass is 459 g/mol. The minimum Gasteiger partial charge on any atom is -0.277 e. The molecule has 5 rings (SSSR count). The van der Waals surface area contributed by atoms with Crippen LogP contribution in [0.3, 0.4) is 0 Å². The molecule has 1 aromatic heterocycles. The topological polar surface area (TPSA) is 61.8 Å². The highest BCUT2D eigenvalue weighted by molar-refractivity contribution is 7.15. The molecule has 1 fully saturated rings. The molecule has 10 heteroatoms. The summed E-state index contributed by atoms with van der Waals surface area (Å²) in [5.41, 5.74) is 2.21. The zero-order chi connectivity index (χ0) is 22.6. The summed E-state index contributed by atoms with van der Waals surface area (Å²) in [6.07, 6.45) is -2.09. The SMILES string of the molecule is O=C1NC(=O)N(c2ccc3c(c2)N=CC3)C1c1ccc(-c2ccc(C(F)(F)F)s2)cc1F. The molecule has 2 aliphatic rings. The maximum atomic E-state index is 15.1. The van der Waals surface area contributed by atoms with Gasteiger partial charge in [-0.05, 0) is 41.5 Å². The fourth-order valence-electron chi connectivity index (χ4n) is 3.80. The van der Waals surface area contributed by atoms with Crippen LogP contribution in [0.15, 0.2) is 53.5 Å². The predicted octanol–water partition coefficient (Wildman–Crippen LogP) is 5.63. The number of rotatable bonds is 3. The van der Waals surface area contributed by atoms with E-state index in [1.54, 1.807) is 24.4 Å². The van der Waals surface area contributed by atoms with Crippen molar-refractivity contribution in [2.24, 2.45) is 4.99 Å². The average molecular weight is 459 g/mol. The Bertz CT molecular complexity index is 1300. The summed E-state index contributed by atoms with van der Waals surface area (Å²) >= 11 is 0.501. The van der Waals surface area contributed by atoms with Gasteiger partial charge >= 0.3 is 12.2 Å². The number of amides is 3. The third-order valence-corrected chi connectivity index (χ3v) is 6.49. The fraction of sp³-hybridized carbons (Fsp3) is 0.136. The minimum atomic E-state index is -4.48. The van der Waals surface area contributed by atoms with Gasteiger partial charge in [0.2, 0.25) is 0 Å². The van der Waals surface area contributed by atoms with E-state index >= 15 is 4.39 Å². The molecule has 0 bridgehead atoms. The largest absolute Gasteiger partial charge is 0.425 e. The number of halogens is 4. The molecule has 2 aliphatic heterocycles. The first-order valence-corrected chi connectivity index (χ1v) is 10.3. The zero-order valence-corrected chi connectivity index (χ0v) is 16.9. The highest BCUT2D eigenvalue weighted by Gasteiger charge is 2.42. The fourth-order valence-corrected chi connectivity index (χ4v) is 4.67. The Kier molecular flexibility index (Phi) is 4.63. The molecule has 5 nitrogen and oxygen atoms in total. The lowest BCUT2D eigenvalue weighted by atomic mass is 10.0. The van der Waals surface area contributed by atoms with Crippen LogP contribution in [0.5, 0.6) is 0 Å². The Hall–Kier alpha value is -3.53. The molecule has 3 heterocycles. The Morgan fingerprint density at radius 1 is 1.06 bits per heavy atom. The third-order valence-electron chi connectivity index (χ3n) is 5.31. The van der Waals surface area contributed by atoms with Crippen molar-refractivity contribution in [3.8, 4) is 10.4 Å². The smallest absolute Gasteiger partial charge is 0.277 e. The minimum absolute atomic E-state index is 0.0614. The molecule has 162 valence electrons. The van der Waals surface area contributed by atoms with Crippen molar-refractivity contribution in [3.05, 3.63) is 70.4 Å². The van der Waals surface area contributed by atoms with Gasteiger partial charge in [0, 0.05) is 28.8 Å². The molecular weight excluding hydrogens is 446 g/mol. The molecule has 1 unspecified atom stereocenters. The molecule has 3 amide bonds. The summed E-state index contributed by atoms with van der Waals surface area (Å²) in [5.74, 6) is -1.50. The zero-order valence-electron chi connectivity index (χ0n) is 16.1. The standard InChI is InChI=1S/C22H13F4N3O2S/c23-15-9-12(17-5-6-18(32-17)22(24,25)26)2-4-14(15)19-20(30)28-21(31)29(19)13-3-1-11-7-8-27-16(11)10-13/h1-6,8-10,19H,7H2,(H,28,30,31). The number of hydrogen-bond donors (Lipinski definition) is 1. The first-order valence-electron chi connectivity index (χ1n) is 9.49. The number of nitrogens with zero attached hydrogens (tertiary/aromatic N) is 2. The summed E-state index contributed by atoms with van der Waals surface area (Å²) in [6.45, 7) is 0. The number of anilines is 1. The van der Waals surface area contributed by atoms with E-state index in [1.807, 2.05) is 0 Å². The summed E-state index contributed by atoms with van der Waals surface area (Å²) in [4.78, 5) is 29.9. The number of thiophene rings is 1. The van der Waals surface area contributed by atoms with Gasteiger partial charge in [-0.2, -0.15) is 13.2 Å². The van der Waals surface area contributed by atoms with Gasteiger partial charge < -0.3 is 0 Å². The molecule has 2 aromatic carbocycles. The van der Waals surface area contributed by atoms with E-state index in [1.165, 1.54) is 18.2 Å². The van der Waals surface area contributed by atoms with Crippen LogP contribution in [0.2, 0.25) is 0 Å². The summed E-state index contributed by atoms with van der Waals surface area (Å²) in [7, 11) is 0. The first-order chi connectivity index (χ1) is 15.2. The normalized spacial score (nSPS) is 17.8. The van der Waals surface area contributed by atoms with Crippen LogP contribution in [-0.2, 0) is 17.4 Å². The van der Waals surface area contributed by atoms with Gasteiger partial charge in [0.25, 0.3) is 5.91 Å². The Labute approximate surface area is 183 Å². The number of fused-ring (bicyclic) bond motifs is 1. The molecule has 0 saturated carbocycles. The number of urea groups is 1. The van der Waals surface area contributed by atoms with Crippen LogP contribution >= 0.6 is 11.3 Å². The van der Waals surface area contributed by atoms with Crippen LogP contribution in [0.4, 0.5) is 33.7 Å². The predicted molar refractivity (Wildman–Crippen MR) is 112 cm³/mol.